The molecule has 0 unspecified atom stereocenters. The van der Waals surface area contributed by atoms with E-state index in [9.17, 15) is 0 Å². The van der Waals surface area contributed by atoms with Gasteiger partial charge in [-0.05, 0) is 41.8 Å². The van der Waals surface area contributed by atoms with Gasteiger partial charge in [0.2, 0.25) is 0 Å². The van der Waals surface area contributed by atoms with Gasteiger partial charge in [0, 0.05) is 36.9 Å². The van der Waals surface area contributed by atoms with Crippen LogP contribution >= 0.6 is 0 Å². The van der Waals surface area contributed by atoms with Crippen LogP contribution in [0.4, 0.5) is 11.4 Å². The second-order valence-corrected chi connectivity index (χ2v) is 4.42. The fourth-order valence-electron chi connectivity index (χ4n) is 2.34. The highest BCUT2D eigenvalue weighted by Gasteiger charge is 2.18. The van der Waals surface area contributed by atoms with E-state index >= 15 is 0 Å². The van der Waals surface area contributed by atoms with Crippen molar-refractivity contribution in [2.45, 2.75) is 13.0 Å². The molecular weight excluding hydrogens is 210 g/mol. The molecule has 86 valence electrons. The van der Waals surface area contributed by atoms with E-state index in [2.05, 4.69) is 34.1 Å². The van der Waals surface area contributed by atoms with E-state index < -0.39 is 0 Å². The first-order chi connectivity index (χ1) is 8.33. The van der Waals surface area contributed by atoms with Crippen molar-refractivity contribution in [2.24, 2.45) is 0 Å². The van der Waals surface area contributed by atoms with Gasteiger partial charge in [0.25, 0.3) is 0 Å². The average Bonchev–Trinajstić information content (AvgIpc) is 2.73. The lowest BCUT2D eigenvalue weighted by Gasteiger charge is -2.19. The molecular formula is C14H15N3. The number of hydrogen-bond donors (Lipinski definition) is 1. The lowest BCUT2D eigenvalue weighted by atomic mass is 10.1. The molecule has 2 N–H and O–H groups in total. The standard InChI is InChI=1S/C14H15N3/c15-13-2-1-12-5-8-17(14(12)9-13)10-11-3-6-16-7-4-11/h1-4,6-7,9H,5,8,10,15H2. The van der Waals surface area contributed by atoms with Crippen molar-refractivity contribution in [3.8, 4) is 0 Å². The summed E-state index contributed by atoms with van der Waals surface area (Å²) in [5, 5.41) is 0. The summed E-state index contributed by atoms with van der Waals surface area (Å²) in [5.74, 6) is 0. The van der Waals surface area contributed by atoms with Crippen molar-refractivity contribution in [3.63, 3.8) is 0 Å². The maximum Gasteiger partial charge on any atom is 0.0430 e. The van der Waals surface area contributed by atoms with Gasteiger partial charge in [-0.2, -0.15) is 0 Å². The second-order valence-electron chi connectivity index (χ2n) is 4.42. The molecule has 0 fully saturated rings. The normalized spacial score (nSPS) is 13.8. The molecule has 1 aliphatic rings. The van der Waals surface area contributed by atoms with Crippen molar-refractivity contribution in [1.82, 2.24) is 4.98 Å². The van der Waals surface area contributed by atoms with Gasteiger partial charge < -0.3 is 10.6 Å². The van der Waals surface area contributed by atoms with Crippen molar-refractivity contribution in [2.75, 3.05) is 17.2 Å². The molecule has 3 heteroatoms. The molecule has 3 rings (SSSR count). The van der Waals surface area contributed by atoms with E-state index in [1.807, 2.05) is 18.5 Å². The average molecular weight is 225 g/mol. The third kappa shape index (κ3) is 1.96. The van der Waals surface area contributed by atoms with Crippen LogP contribution in [0.2, 0.25) is 0 Å². The minimum absolute atomic E-state index is 0.838. The summed E-state index contributed by atoms with van der Waals surface area (Å²) in [5.41, 5.74) is 10.7. The number of pyridine rings is 1. The Morgan fingerprint density at radius 3 is 2.82 bits per heavy atom. The lowest BCUT2D eigenvalue weighted by molar-refractivity contribution is 0.834. The Bertz CT molecular complexity index is 522. The van der Waals surface area contributed by atoms with Gasteiger partial charge in [0.05, 0.1) is 0 Å². The summed E-state index contributed by atoms with van der Waals surface area (Å²) in [6.45, 7) is 2.00. The summed E-state index contributed by atoms with van der Waals surface area (Å²) in [7, 11) is 0. The molecule has 1 aromatic carbocycles. The molecule has 2 heterocycles. The van der Waals surface area contributed by atoms with Gasteiger partial charge in [0.15, 0.2) is 0 Å². The zero-order chi connectivity index (χ0) is 11.7. The third-order valence-corrected chi connectivity index (χ3v) is 3.22. The number of rotatable bonds is 2. The lowest BCUT2D eigenvalue weighted by Crippen LogP contribution is -2.19. The summed E-state index contributed by atoms with van der Waals surface area (Å²) < 4.78 is 0. The molecule has 0 radical (unpaired) electrons. The van der Waals surface area contributed by atoms with Crippen LogP contribution < -0.4 is 10.6 Å². The fraction of sp³-hybridized carbons (Fsp3) is 0.214. The molecule has 2 aromatic rings. The first-order valence-corrected chi connectivity index (χ1v) is 5.85. The zero-order valence-electron chi connectivity index (χ0n) is 9.63. The summed E-state index contributed by atoms with van der Waals surface area (Å²) >= 11 is 0. The van der Waals surface area contributed by atoms with Crippen LogP contribution in [-0.2, 0) is 13.0 Å². The van der Waals surface area contributed by atoms with Crippen molar-refractivity contribution < 1.29 is 0 Å². The Kier molecular flexibility index (Phi) is 2.44. The smallest absolute Gasteiger partial charge is 0.0430 e. The molecule has 0 spiro atoms. The maximum atomic E-state index is 5.85. The Labute approximate surface area is 101 Å². The second kappa shape index (κ2) is 4.09. The van der Waals surface area contributed by atoms with Crippen LogP contribution in [0.15, 0.2) is 42.7 Å². The SMILES string of the molecule is Nc1ccc2c(c1)N(Cc1ccncc1)CC2. The number of aromatic nitrogens is 1. The van der Waals surface area contributed by atoms with E-state index in [1.165, 1.54) is 16.8 Å². The third-order valence-electron chi connectivity index (χ3n) is 3.22. The molecule has 0 amide bonds. The van der Waals surface area contributed by atoms with Gasteiger partial charge in [-0.3, -0.25) is 4.98 Å². The Morgan fingerprint density at radius 1 is 1.18 bits per heavy atom. The number of nitrogen functional groups attached to an aromatic ring is 1. The van der Waals surface area contributed by atoms with Crippen LogP contribution in [0, 0.1) is 0 Å². The predicted molar refractivity (Wildman–Crippen MR) is 69.8 cm³/mol. The first-order valence-electron chi connectivity index (χ1n) is 5.85. The minimum atomic E-state index is 0.838. The summed E-state index contributed by atoms with van der Waals surface area (Å²) in [4.78, 5) is 6.42. The predicted octanol–water partition coefficient (Wildman–Crippen LogP) is 2.23. The first kappa shape index (κ1) is 10.1. The number of nitrogens with zero attached hydrogens (tertiary/aromatic N) is 2. The quantitative estimate of drug-likeness (QED) is 0.797. The Morgan fingerprint density at radius 2 is 2.00 bits per heavy atom. The summed E-state index contributed by atoms with van der Waals surface area (Å²) in [6.07, 6.45) is 4.79. The topological polar surface area (TPSA) is 42.1 Å². The van der Waals surface area contributed by atoms with Crippen LogP contribution in [-0.4, -0.2) is 11.5 Å². The van der Waals surface area contributed by atoms with Gasteiger partial charge in [-0.1, -0.05) is 6.07 Å². The number of anilines is 2. The minimum Gasteiger partial charge on any atom is -0.399 e. The molecule has 0 aliphatic carbocycles. The van der Waals surface area contributed by atoms with Crippen molar-refractivity contribution in [3.05, 3.63) is 53.9 Å². The molecule has 0 atom stereocenters. The molecule has 3 nitrogen and oxygen atoms in total. The van der Waals surface area contributed by atoms with E-state index in [0.717, 1.165) is 25.2 Å². The van der Waals surface area contributed by atoms with Crippen LogP contribution in [0.5, 0.6) is 0 Å². The molecule has 0 saturated heterocycles. The van der Waals surface area contributed by atoms with Gasteiger partial charge in [-0.25, -0.2) is 0 Å². The van der Waals surface area contributed by atoms with Crippen molar-refractivity contribution >= 4 is 11.4 Å². The van der Waals surface area contributed by atoms with E-state index in [-0.39, 0.29) is 0 Å². The monoisotopic (exact) mass is 225 g/mol. The maximum absolute atomic E-state index is 5.85. The number of hydrogen-bond acceptors (Lipinski definition) is 3. The van der Waals surface area contributed by atoms with Crippen LogP contribution in [0.25, 0.3) is 0 Å². The molecule has 1 aromatic heterocycles. The fourth-order valence-corrected chi connectivity index (χ4v) is 2.34. The number of fused-ring (bicyclic) bond motifs is 1. The molecule has 1 aliphatic heterocycles. The van der Waals surface area contributed by atoms with Crippen LogP contribution in [0.1, 0.15) is 11.1 Å². The van der Waals surface area contributed by atoms with Gasteiger partial charge in [-0.15, -0.1) is 0 Å². The molecule has 17 heavy (non-hydrogen) atoms. The van der Waals surface area contributed by atoms with E-state index in [0.29, 0.717) is 0 Å². The highest BCUT2D eigenvalue weighted by molar-refractivity contribution is 5.64. The van der Waals surface area contributed by atoms with Crippen molar-refractivity contribution in [1.29, 1.82) is 0 Å². The van der Waals surface area contributed by atoms with Crippen LogP contribution in [0.3, 0.4) is 0 Å². The molecule has 0 saturated carbocycles. The summed E-state index contributed by atoms with van der Waals surface area (Å²) in [6, 6.07) is 10.3. The largest absolute Gasteiger partial charge is 0.399 e. The number of benzene rings is 1. The van der Waals surface area contributed by atoms with E-state index in [1.54, 1.807) is 0 Å². The zero-order valence-corrected chi connectivity index (χ0v) is 9.63. The van der Waals surface area contributed by atoms with Gasteiger partial charge in [0.1, 0.15) is 0 Å². The molecule has 0 bridgehead atoms. The highest BCUT2D eigenvalue weighted by Crippen LogP contribution is 2.30. The highest BCUT2D eigenvalue weighted by atomic mass is 15.1. The Balaban J connectivity index is 1.86. The van der Waals surface area contributed by atoms with E-state index in [4.69, 9.17) is 5.73 Å². The Hall–Kier alpha value is -2.03. The number of nitrogens with two attached hydrogens (primary N) is 1. The van der Waals surface area contributed by atoms with Gasteiger partial charge >= 0.3 is 0 Å².